The normalized spacial score (nSPS) is 20.4. The van der Waals surface area contributed by atoms with Gasteiger partial charge in [-0.15, -0.1) is 5.01 Å². The molecule has 1 aliphatic rings. The number of carbonyl (C=O) groups is 2. The van der Waals surface area contributed by atoms with Crippen LogP contribution in [0.4, 0.5) is 13.6 Å². The Morgan fingerprint density at radius 1 is 1.16 bits per heavy atom. The molecule has 3 rings (SSSR count). The monoisotopic (exact) mass is 343 g/mol. The highest BCUT2D eigenvalue weighted by atomic mass is 19.1. The van der Waals surface area contributed by atoms with Gasteiger partial charge in [-0.1, -0.05) is 37.3 Å². The molecule has 1 aliphatic heterocycles. The first-order chi connectivity index (χ1) is 12.0. The third kappa shape index (κ3) is 2.88. The number of rotatable bonds is 4. The molecule has 1 fully saturated rings. The van der Waals surface area contributed by atoms with Gasteiger partial charge in [0.05, 0.1) is 6.21 Å². The van der Waals surface area contributed by atoms with Crippen molar-refractivity contribution in [3.05, 3.63) is 71.3 Å². The van der Waals surface area contributed by atoms with Gasteiger partial charge in [0.1, 0.15) is 17.2 Å². The molecule has 1 saturated heterocycles. The van der Waals surface area contributed by atoms with Crippen LogP contribution in [-0.4, -0.2) is 23.2 Å². The van der Waals surface area contributed by atoms with E-state index in [0.717, 1.165) is 12.3 Å². The molecule has 0 spiro atoms. The first-order valence-electron chi connectivity index (χ1n) is 7.69. The Balaban J connectivity index is 1.92. The van der Waals surface area contributed by atoms with Crippen LogP contribution in [0.3, 0.4) is 0 Å². The zero-order valence-corrected chi connectivity index (χ0v) is 13.4. The number of urea groups is 1. The minimum Gasteiger partial charge on any atom is -0.318 e. The van der Waals surface area contributed by atoms with Crippen molar-refractivity contribution in [1.29, 1.82) is 0 Å². The molecule has 2 aromatic carbocycles. The Morgan fingerprint density at radius 3 is 2.52 bits per heavy atom. The summed E-state index contributed by atoms with van der Waals surface area (Å²) >= 11 is 0. The predicted octanol–water partition coefficient (Wildman–Crippen LogP) is 3.16. The third-order valence-electron chi connectivity index (χ3n) is 4.14. The summed E-state index contributed by atoms with van der Waals surface area (Å²) in [5.41, 5.74) is -0.603. The van der Waals surface area contributed by atoms with Crippen molar-refractivity contribution in [2.75, 3.05) is 0 Å². The summed E-state index contributed by atoms with van der Waals surface area (Å²) in [6.45, 7) is 1.78. The zero-order chi connectivity index (χ0) is 18.0. The number of halogens is 2. The molecule has 0 aliphatic carbocycles. The third-order valence-corrected chi connectivity index (χ3v) is 4.14. The Bertz CT molecular complexity index is 855. The van der Waals surface area contributed by atoms with E-state index >= 15 is 0 Å². The Labute approximate surface area is 143 Å². The maximum absolute atomic E-state index is 13.7. The highest BCUT2D eigenvalue weighted by Gasteiger charge is 2.51. The van der Waals surface area contributed by atoms with Crippen molar-refractivity contribution in [3.8, 4) is 0 Å². The second-order valence-corrected chi connectivity index (χ2v) is 5.58. The van der Waals surface area contributed by atoms with Gasteiger partial charge in [0.2, 0.25) is 0 Å². The fourth-order valence-corrected chi connectivity index (χ4v) is 2.76. The number of hydrogen-bond acceptors (Lipinski definition) is 3. The number of nitrogens with zero attached hydrogens (tertiary/aromatic N) is 2. The molecule has 0 aromatic heterocycles. The molecule has 0 radical (unpaired) electrons. The van der Waals surface area contributed by atoms with Crippen LogP contribution in [0.5, 0.6) is 0 Å². The predicted molar refractivity (Wildman–Crippen MR) is 87.7 cm³/mol. The lowest BCUT2D eigenvalue weighted by atomic mass is 9.87. The quantitative estimate of drug-likeness (QED) is 0.685. The van der Waals surface area contributed by atoms with Crippen molar-refractivity contribution in [3.63, 3.8) is 0 Å². The maximum Gasteiger partial charge on any atom is 0.346 e. The molecule has 3 amide bonds. The smallest absolute Gasteiger partial charge is 0.318 e. The number of carbonyl (C=O) groups excluding carboxylic acids is 2. The topological polar surface area (TPSA) is 61.8 Å². The number of benzene rings is 2. The van der Waals surface area contributed by atoms with Gasteiger partial charge in [-0.2, -0.15) is 5.10 Å². The fraction of sp³-hybridized carbons (Fsp3) is 0.167. The van der Waals surface area contributed by atoms with Gasteiger partial charge in [-0.3, -0.25) is 4.79 Å². The lowest BCUT2D eigenvalue weighted by Gasteiger charge is -2.24. The molecule has 0 saturated carbocycles. The molecule has 2 aromatic rings. The van der Waals surface area contributed by atoms with Gasteiger partial charge >= 0.3 is 6.03 Å². The van der Waals surface area contributed by atoms with Crippen molar-refractivity contribution in [2.24, 2.45) is 5.10 Å². The van der Waals surface area contributed by atoms with Gasteiger partial charge in [-0.25, -0.2) is 13.6 Å². The van der Waals surface area contributed by atoms with E-state index in [0.29, 0.717) is 23.1 Å². The number of hydrogen-bond donors (Lipinski definition) is 1. The van der Waals surface area contributed by atoms with Gasteiger partial charge in [0.15, 0.2) is 0 Å². The van der Waals surface area contributed by atoms with Crippen LogP contribution in [0, 0.1) is 11.6 Å². The summed E-state index contributed by atoms with van der Waals surface area (Å²) in [5.74, 6) is -2.11. The first-order valence-corrected chi connectivity index (χ1v) is 7.69. The van der Waals surface area contributed by atoms with E-state index in [1.165, 1.54) is 6.07 Å². The number of imide groups is 1. The minimum absolute atomic E-state index is 0.0318. The van der Waals surface area contributed by atoms with Crippen LogP contribution in [0.2, 0.25) is 0 Å². The number of hydrazone groups is 1. The van der Waals surface area contributed by atoms with E-state index in [9.17, 15) is 18.4 Å². The molecule has 7 heteroatoms. The van der Waals surface area contributed by atoms with Crippen LogP contribution in [0.1, 0.15) is 24.5 Å². The summed E-state index contributed by atoms with van der Waals surface area (Å²) in [6, 6.07) is 11.1. The molecule has 0 bridgehead atoms. The average molecular weight is 343 g/mol. The second kappa shape index (κ2) is 6.43. The van der Waals surface area contributed by atoms with Crippen LogP contribution >= 0.6 is 0 Å². The first kappa shape index (κ1) is 16.8. The summed E-state index contributed by atoms with van der Waals surface area (Å²) < 4.78 is 26.6. The summed E-state index contributed by atoms with van der Waals surface area (Å²) in [4.78, 5) is 25.0. The van der Waals surface area contributed by atoms with Gasteiger partial charge in [-0.05, 0) is 24.1 Å². The number of nitrogens with one attached hydrogen (secondary N) is 1. The molecule has 1 heterocycles. The van der Waals surface area contributed by atoms with Gasteiger partial charge < -0.3 is 5.32 Å². The minimum atomic E-state index is -1.21. The van der Waals surface area contributed by atoms with Gasteiger partial charge in [0, 0.05) is 11.6 Å². The Morgan fingerprint density at radius 2 is 1.88 bits per heavy atom. The lowest BCUT2D eigenvalue weighted by Crippen LogP contribution is -2.43. The standard InChI is InChI=1S/C18H15F2N3O2/c1-2-18(13-6-4-3-5-7-13)16(24)23(17(25)22-18)21-11-12-8-9-14(19)10-15(12)20/h3-11H,2H2,1H3,(H,22,25)/b21-11-/t18-/m0/s1. The number of amides is 3. The Hall–Kier alpha value is -3.09. The summed E-state index contributed by atoms with van der Waals surface area (Å²) in [5, 5.41) is 7.13. The highest BCUT2D eigenvalue weighted by molar-refractivity contribution is 6.07. The van der Waals surface area contributed by atoms with Crippen molar-refractivity contribution < 1.29 is 18.4 Å². The maximum atomic E-state index is 13.7. The highest BCUT2D eigenvalue weighted by Crippen LogP contribution is 2.32. The second-order valence-electron chi connectivity index (χ2n) is 5.58. The van der Waals surface area contributed by atoms with Crippen molar-refractivity contribution in [1.82, 2.24) is 10.3 Å². The zero-order valence-electron chi connectivity index (χ0n) is 13.4. The molecular weight excluding hydrogens is 328 g/mol. The average Bonchev–Trinajstić information content (AvgIpc) is 2.86. The fourth-order valence-electron chi connectivity index (χ4n) is 2.76. The van der Waals surface area contributed by atoms with Crippen LogP contribution in [0.25, 0.3) is 0 Å². The van der Waals surface area contributed by atoms with E-state index in [2.05, 4.69) is 10.4 Å². The summed E-state index contributed by atoms with van der Waals surface area (Å²) in [7, 11) is 0. The molecule has 128 valence electrons. The van der Waals surface area contributed by atoms with E-state index < -0.39 is 29.1 Å². The summed E-state index contributed by atoms with van der Waals surface area (Å²) in [6.07, 6.45) is 1.35. The SMILES string of the molecule is CC[C@@]1(c2ccccc2)NC(=O)N(/N=C\c2ccc(F)cc2F)C1=O. The van der Waals surface area contributed by atoms with E-state index in [1.54, 1.807) is 37.3 Å². The molecule has 1 N–H and O–H groups in total. The van der Waals surface area contributed by atoms with Crippen LogP contribution in [-0.2, 0) is 10.3 Å². The van der Waals surface area contributed by atoms with E-state index in [4.69, 9.17) is 0 Å². The molecule has 25 heavy (non-hydrogen) atoms. The molecule has 1 atom stereocenters. The van der Waals surface area contributed by atoms with Crippen molar-refractivity contribution in [2.45, 2.75) is 18.9 Å². The van der Waals surface area contributed by atoms with Crippen LogP contribution in [0.15, 0.2) is 53.6 Å². The van der Waals surface area contributed by atoms with E-state index in [-0.39, 0.29) is 5.56 Å². The van der Waals surface area contributed by atoms with Crippen molar-refractivity contribution >= 4 is 18.2 Å². The largest absolute Gasteiger partial charge is 0.346 e. The molecular formula is C18H15F2N3O2. The molecule has 5 nitrogen and oxygen atoms in total. The Kier molecular flexibility index (Phi) is 4.31. The van der Waals surface area contributed by atoms with E-state index in [1.807, 2.05) is 0 Å². The molecule has 0 unspecified atom stereocenters. The van der Waals surface area contributed by atoms with Crippen LogP contribution < -0.4 is 5.32 Å². The van der Waals surface area contributed by atoms with Gasteiger partial charge in [0.25, 0.3) is 5.91 Å². The lowest BCUT2D eigenvalue weighted by molar-refractivity contribution is -0.131.